The summed E-state index contributed by atoms with van der Waals surface area (Å²) >= 11 is 12.0. The van der Waals surface area contributed by atoms with E-state index in [9.17, 15) is 9.59 Å². The molecule has 3 rings (SSSR count). The van der Waals surface area contributed by atoms with E-state index in [0.717, 1.165) is 0 Å². The molecule has 7 heteroatoms. The molecule has 1 aliphatic rings. The lowest BCUT2D eigenvalue weighted by molar-refractivity contribution is -0.142. The SMILES string of the molecule is COC(=O)COc1ccc2c(c1C)O/C(=C\c1ccc(Cl)cc1Cl)C2=O. The highest BCUT2D eigenvalue weighted by molar-refractivity contribution is 6.35. The first-order valence-electron chi connectivity index (χ1n) is 7.63. The molecule has 0 aromatic heterocycles. The molecule has 0 atom stereocenters. The summed E-state index contributed by atoms with van der Waals surface area (Å²) in [4.78, 5) is 23.8. The van der Waals surface area contributed by atoms with Crippen molar-refractivity contribution in [3.05, 3.63) is 62.8 Å². The number of hydrogen-bond donors (Lipinski definition) is 0. The topological polar surface area (TPSA) is 61.8 Å². The van der Waals surface area contributed by atoms with E-state index in [1.165, 1.54) is 7.11 Å². The van der Waals surface area contributed by atoms with Crippen LogP contribution in [0, 0.1) is 6.92 Å². The molecule has 0 N–H and O–H groups in total. The van der Waals surface area contributed by atoms with Crippen molar-refractivity contribution in [3.63, 3.8) is 0 Å². The molecule has 0 bridgehead atoms. The molecule has 0 fully saturated rings. The lowest BCUT2D eigenvalue weighted by Crippen LogP contribution is -2.13. The maximum atomic E-state index is 12.6. The third-order valence-corrected chi connectivity index (χ3v) is 4.42. The summed E-state index contributed by atoms with van der Waals surface area (Å²) < 4.78 is 15.7. The summed E-state index contributed by atoms with van der Waals surface area (Å²) in [6.07, 6.45) is 1.56. The molecule has 0 saturated heterocycles. The number of hydrogen-bond acceptors (Lipinski definition) is 5. The minimum atomic E-state index is -0.500. The third-order valence-electron chi connectivity index (χ3n) is 3.86. The highest BCUT2D eigenvalue weighted by Crippen LogP contribution is 2.39. The zero-order chi connectivity index (χ0) is 18.8. The van der Waals surface area contributed by atoms with Gasteiger partial charge in [0.05, 0.1) is 12.7 Å². The Morgan fingerprint density at radius 1 is 1.23 bits per heavy atom. The number of allylic oxidation sites excluding steroid dienone is 1. The van der Waals surface area contributed by atoms with Crippen LogP contribution in [0.3, 0.4) is 0 Å². The summed E-state index contributed by atoms with van der Waals surface area (Å²) in [6, 6.07) is 8.19. The molecule has 1 aliphatic heterocycles. The van der Waals surface area contributed by atoms with Crippen LogP contribution in [0.15, 0.2) is 36.1 Å². The summed E-state index contributed by atoms with van der Waals surface area (Å²) in [6.45, 7) is 1.52. The van der Waals surface area contributed by atoms with E-state index in [1.54, 1.807) is 43.3 Å². The van der Waals surface area contributed by atoms with Gasteiger partial charge in [0.1, 0.15) is 11.5 Å². The van der Waals surface area contributed by atoms with Gasteiger partial charge in [0, 0.05) is 15.6 Å². The number of carbonyl (C=O) groups excluding carboxylic acids is 2. The molecule has 0 radical (unpaired) electrons. The second-order valence-electron chi connectivity index (χ2n) is 5.54. The molecule has 2 aromatic carbocycles. The predicted molar refractivity (Wildman–Crippen MR) is 98.1 cm³/mol. The zero-order valence-corrected chi connectivity index (χ0v) is 15.5. The number of halogens is 2. The number of ketones is 1. The number of rotatable bonds is 4. The Morgan fingerprint density at radius 2 is 2.00 bits per heavy atom. The van der Waals surface area contributed by atoms with Gasteiger partial charge in [0.25, 0.3) is 0 Å². The van der Waals surface area contributed by atoms with Gasteiger partial charge in [0.15, 0.2) is 12.4 Å². The van der Waals surface area contributed by atoms with E-state index in [0.29, 0.717) is 38.2 Å². The predicted octanol–water partition coefficient (Wildman–Crippen LogP) is 4.47. The average molecular weight is 393 g/mol. The van der Waals surface area contributed by atoms with Gasteiger partial charge in [-0.25, -0.2) is 4.79 Å². The number of benzene rings is 2. The standard InChI is InChI=1S/C19H14Cl2O5/c1-10-15(25-9-17(22)24-2)6-5-13-18(23)16(26-19(10)13)7-11-3-4-12(20)8-14(11)21/h3-8H,9H2,1-2H3/b16-7-. The number of esters is 1. The molecule has 5 nitrogen and oxygen atoms in total. The Bertz CT molecular complexity index is 934. The van der Waals surface area contributed by atoms with E-state index >= 15 is 0 Å². The van der Waals surface area contributed by atoms with E-state index in [4.69, 9.17) is 32.7 Å². The Labute approximate surface area is 160 Å². The van der Waals surface area contributed by atoms with Crippen molar-refractivity contribution < 1.29 is 23.8 Å². The van der Waals surface area contributed by atoms with Crippen LogP contribution in [-0.4, -0.2) is 25.5 Å². The Hall–Kier alpha value is -2.50. The molecule has 0 unspecified atom stereocenters. The first-order chi connectivity index (χ1) is 12.4. The van der Waals surface area contributed by atoms with Crippen LogP contribution in [0.1, 0.15) is 21.5 Å². The first-order valence-corrected chi connectivity index (χ1v) is 8.39. The maximum absolute atomic E-state index is 12.6. The summed E-state index contributed by atoms with van der Waals surface area (Å²) in [5, 5.41) is 0.915. The van der Waals surface area contributed by atoms with Gasteiger partial charge >= 0.3 is 5.97 Å². The van der Waals surface area contributed by atoms with Crippen molar-refractivity contribution in [2.45, 2.75) is 6.92 Å². The second kappa shape index (κ2) is 7.40. The van der Waals surface area contributed by atoms with Crippen LogP contribution < -0.4 is 9.47 Å². The monoisotopic (exact) mass is 392 g/mol. The molecule has 0 saturated carbocycles. The number of ether oxygens (including phenoxy) is 3. The molecule has 134 valence electrons. The van der Waals surface area contributed by atoms with Crippen LogP contribution in [0.4, 0.5) is 0 Å². The fraction of sp³-hybridized carbons (Fsp3) is 0.158. The maximum Gasteiger partial charge on any atom is 0.343 e. The average Bonchev–Trinajstić information content (AvgIpc) is 2.93. The van der Waals surface area contributed by atoms with Gasteiger partial charge in [0.2, 0.25) is 5.78 Å². The van der Waals surface area contributed by atoms with Gasteiger partial charge in [-0.3, -0.25) is 4.79 Å². The van der Waals surface area contributed by atoms with Crippen molar-refractivity contribution in [2.75, 3.05) is 13.7 Å². The zero-order valence-electron chi connectivity index (χ0n) is 14.0. The minimum absolute atomic E-state index is 0.150. The quantitative estimate of drug-likeness (QED) is 0.567. The first kappa shape index (κ1) is 18.3. The number of methoxy groups -OCH3 is 1. The van der Waals surface area contributed by atoms with Gasteiger partial charge in [-0.05, 0) is 42.8 Å². The van der Waals surface area contributed by atoms with Crippen molar-refractivity contribution in [2.24, 2.45) is 0 Å². The highest BCUT2D eigenvalue weighted by atomic mass is 35.5. The van der Waals surface area contributed by atoms with Crippen molar-refractivity contribution in [1.82, 2.24) is 0 Å². The number of fused-ring (bicyclic) bond motifs is 1. The van der Waals surface area contributed by atoms with Gasteiger partial charge in [-0.1, -0.05) is 29.3 Å². The van der Waals surface area contributed by atoms with Gasteiger partial charge < -0.3 is 14.2 Å². The van der Waals surface area contributed by atoms with E-state index in [-0.39, 0.29) is 18.1 Å². The van der Waals surface area contributed by atoms with Gasteiger partial charge in [-0.15, -0.1) is 0 Å². The smallest absolute Gasteiger partial charge is 0.343 e. The molecule has 1 heterocycles. The van der Waals surface area contributed by atoms with E-state index in [2.05, 4.69) is 4.74 Å². The lowest BCUT2D eigenvalue weighted by Gasteiger charge is -2.10. The summed E-state index contributed by atoms with van der Waals surface area (Å²) in [5.41, 5.74) is 1.65. The molecule has 0 aliphatic carbocycles. The van der Waals surface area contributed by atoms with Crippen LogP contribution in [0.5, 0.6) is 11.5 Å². The van der Waals surface area contributed by atoms with Crippen molar-refractivity contribution >= 4 is 41.0 Å². The molecule has 0 spiro atoms. The lowest BCUT2D eigenvalue weighted by atomic mass is 10.1. The number of Topliss-reactive ketones (excluding diaryl/α,β-unsaturated/α-hetero) is 1. The van der Waals surface area contributed by atoms with Crippen molar-refractivity contribution in [3.8, 4) is 11.5 Å². The van der Waals surface area contributed by atoms with E-state index in [1.807, 2.05) is 0 Å². The van der Waals surface area contributed by atoms with E-state index < -0.39 is 5.97 Å². The van der Waals surface area contributed by atoms with Crippen LogP contribution in [-0.2, 0) is 9.53 Å². The summed E-state index contributed by atoms with van der Waals surface area (Å²) in [5.74, 6) is 0.229. The third kappa shape index (κ3) is 3.54. The fourth-order valence-electron chi connectivity index (χ4n) is 2.48. The Morgan fingerprint density at radius 3 is 2.69 bits per heavy atom. The fourth-order valence-corrected chi connectivity index (χ4v) is 2.94. The minimum Gasteiger partial charge on any atom is -0.481 e. The van der Waals surface area contributed by atoms with Crippen molar-refractivity contribution in [1.29, 1.82) is 0 Å². The Kier molecular flexibility index (Phi) is 5.20. The molecule has 2 aromatic rings. The molecule has 0 amide bonds. The second-order valence-corrected chi connectivity index (χ2v) is 6.38. The Balaban J connectivity index is 1.90. The molecule has 26 heavy (non-hydrogen) atoms. The molecular weight excluding hydrogens is 379 g/mol. The largest absolute Gasteiger partial charge is 0.481 e. The number of carbonyl (C=O) groups is 2. The van der Waals surface area contributed by atoms with Crippen LogP contribution >= 0.6 is 23.2 Å². The normalized spacial score (nSPS) is 14.2. The molecular formula is C19H14Cl2O5. The summed E-state index contributed by atoms with van der Waals surface area (Å²) in [7, 11) is 1.28. The van der Waals surface area contributed by atoms with Gasteiger partial charge in [-0.2, -0.15) is 0 Å². The van der Waals surface area contributed by atoms with Crippen LogP contribution in [0.2, 0.25) is 10.0 Å². The highest BCUT2D eigenvalue weighted by Gasteiger charge is 2.30. The van der Waals surface area contributed by atoms with Crippen LogP contribution in [0.25, 0.3) is 6.08 Å².